The molecule has 15 heavy (non-hydrogen) atoms. The Balaban J connectivity index is 2.41. The minimum Gasteiger partial charge on any atom is -0.390 e. The first-order chi connectivity index (χ1) is 7.00. The number of ketones is 2. The Kier molecular flexibility index (Phi) is 2.38. The van der Waals surface area contributed by atoms with E-state index >= 15 is 0 Å². The molecule has 1 atom stereocenters. The molecule has 1 unspecified atom stereocenters. The zero-order valence-electron chi connectivity index (χ0n) is 8.79. The number of fused-ring (bicyclic) bond motifs is 1. The molecule has 0 saturated carbocycles. The van der Waals surface area contributed by atoms with Gasteiger partial charge in [0.1, 0.15) is 5.78 Å². The molecule has 0 bridgehead atoms. The van der Waals surface area contributed by atoms with Crippen molar-refractivity contribution in [3.63, 3.8) is 0 Å². The highest BCUT2D eigenvalue weighted by atomic mass is 32.1. The molecule has 4 heteroatoms. The van der Waals surface area contributed by atoms with Crippen LogP contribution in [0, 0.1) is 5.92 Å². The van der Waals surface area contributed by atoms with Crippen molar-refractivity contribution in [2.24, 2.45) is 5.92 Å². The van der Waals surface area contributed by atoms with Gasteiger partial charge in [0.2, 0.25) is 0 Å². The molecule has 0 aliphatic heterocycles. The maximum absolute atomic E-state index is 11.4. The molecule has 0 spiro atoms. The predicted molar refractivity (Wildman–Crippen MR) is 60.3 cm³/mol. The Morgan fingerprint density at radius 3 is 2.53 bits per heavy atom. The van der Waals surface area contributed by atoms with E-state index in [4.69, 9.17) is 5.73 Å². The zero-order valence-corrected chi connectivity index (χ0v) is 9.61. The molecular weight excluding hydrogens is 210 g/mol. The van der Waals surface area contributed by atoms with Crippen molar-refractivity contribution in [1.82, 2.24) is 0 Å². The lowest BCUT2D eigenvalue weighted by Gasteiger charge is -2.04. The lowest BCUT2D eigenvalue weighted by molar-refractivity contribution is -0.120. The van der Waals surface area contributed by atoms with Gasteiger partial charge in [0, 0.05) is 10.8 Å². The minimum atomic E-state index is 0.00852. The summed E-state index contributed by atoms with van der Waals surface area (Å²) in [4.78, 5) is 23.8. The Hall–Kier alpha value is -1.16. The van der Waals surface area contributed by atoms with Crippen LogP contribution in [0.3, 0.4) is 0 Å². The second-order valence-corrected chi connectivity index (χ2v) is 5.15. The Morgan fingerprint density at radius 2 is 2.00 bits per heavy atom. The predicted octanol–water partition coefficient (Wildman–Crippen LogP) is 1.84. The highest BCUT2D eigenvalue weighted by molar-refractivity contribution is 7.16. The van der Waals surface area contributed by atoms with E-state index in [1.807, 2.05) is 0 Å². The van der Waals surface area contributed by atoms with Gasteiger partial charge in [-0.05, 0) is 32.3 Å². The van der Waals surface area contributed by atoms with Gasteiger partial charge < -0.3 is 5.73 Å². The Bertz CT molecular complexity index is 448. The molecule has 0 radical (unpaired) electrons. The van der Waals surface area contributed by atoms with Gasteiger partial charge in [-0.1, -0.05) is 0 Å². The van der Waals surface area contributed by atoms with E-state index < -0.39 is 0 Å². The molecule has 80 valence electrons. The van der Waals surface area contributed by atoms with E-state index in [1.54, 1.807) is 6.92 Å². The van der Waals surface area contributed by atoms with Crippen molar-refractivity contribution in [1.29, 1.82) is 0 Å². The first kappa shape index (κ1) is 10.4. The lowest BCUT2D eigenvalue weighted by atomic mass is 10.0. The van der Waals surface area contributed by atoms with Crippen LogP contribution in [0.1, 0.15) is 34.6 Å². The molecule has 1 aromatic rings. The van der Waals surface area contributed by atoms with Crippen LogP contribution in [-0.4, -0.2) is 11.6 Å². The summed E-state index contributed by atoms with van der Waals surface area (Å²) in [6.07, 6.45) is 1.44. The smallest absolute Gasteiger partial charge is 0.163 e. The number of rotatable bonds is 2. The van der Waals surface area contributed by atoms with Crippen molar-refractivity contribution < 1.29 is 9.59 Å². The van der Waals surface area contributed by atoms with Crippen LogP contribution in [-0.2, 0) is 17.6 Å². The third kappa shape index (κ3) is 1.59. The molecule has 1 heterocycles. The molecule has 0 saturated heterocycles. The first-order valence-corrected chi connectivity index (χ1v) is 5.73. The van der Waals surface area contributed by atoms with Crippen LogP contribution in [0.5, 0.6) is 0 Å². The van der Waals surface area contributed by atoms with Crippen LogP contribution in [0.25, 0.3) is 0 Å². The largest absolute Gasteiger partial charge is 0.390 e. The summed E-state index contributed by atoms with van der Waals surface area (Å²) in [6.45, 7) is 3.14. The summed E-state index contributed by atoms with van der Waals surface area (Å²) in [6, 6.07) is 0. The van der Waals surface area contributed by atoms with Gasteiger partial charge in [-0.3, -0.25) is 9.59 Å². The fraction of sp³-hybridized carbons (Fsp3) is 0.455. The third-order valence-corrected chi connectivity index (χ3v) is 4.01. The SMILES string of the molecule is CC(=O)c1c(N)sc2c1CC(C(C)=O)C2. The third-order valence-electron chi connectivity index (χ3n) is 2.93. The van der Waals surface area contributed by atoms with E-state index in [-0.39, 0.29) is 17.5 Å². The normalized spacial score (nSPS) is 18.9. The van der Waals surface area contributed by atoms with E-state index in [0.717, 1.165) is 16.9 Å². The molecule has 1 aromatic heterocycles. The Labute approximate surface area is 92.3 Å². The second kappa shape index (κ2) is 3.45. The molecule has 2 N–H and O–H groups in total. The number of thiophene rings is 1. The van der Waals surface area contributed by atoms with Crippen molar-refractivity contribution in [3.05, 3.63) is 16.0 Å². The molecule has 0 aromatic carbocycles. The summed E-state index contributed by atoms with van der Waals surface area (Å²) < 4.78 is 0. The zero-order chi connectivity index (χ0) is 11.2. The number of anilines is 1. The topological polar surface area (TPSA) is 60.2 Å². The quantitative estimate of drug-likeness (QED) is 0.778. The molecule has 1 aliphatic carbocycles. The van der Waals surface area contributed by atoms with Crippen molar-refractivity contribution in [2.45, 2.75) is 26.7 Å². The number of nitrogen functional groups attached to an aromatic ring is 1. The highest BCUT2D eigenvalue weighted by Crippen LogP contribution is 2.39. The molecule has 0 amide bonds. The fourth-order valence-electron chi connectivity index (χ4n) is 2.13. The van der Waals surface area contributed by atoms with Gasteiger partial charge in [-0.2, -0.15) is 0 Å². The van der Waals surface area contributed by atoms with E-state index in [2.05, 4.69) is 0 Å². The summed E-state index contributed by atoms with van der Waals surface area (Å²) in [5.74, 6) is 0.269. The van der Waals surface area contributed by atoms with Gasteiger partial charge in [-0.25, -0.2) is 0 Å². The van der Waals surface area contributed by atoms with Crippen molar-refractivity contribution in [2.75, 3.05) is 5.73 Å². The first-order valence-electron chi connectivity index (χ1n) is 4.92. The van der Waals surface area contributed by atoms with Gasteiger partial charge in [0.15, 0.2) is 5.78 Å². The van der Waals surface area contributed by atoms with Crippen LogP contribution in [0.2, 0.25) is 0 Å². The standard InChI is InChI=1S/C11H13NO2S/c1-5(13)7-3-8-9(4-7)15-11(12)10(8)6(2)14/h7H,3-4,12H2,1-2H3. The minimum absolute atomic E-state index is 0.00852. The average molecular weight is 223 g/mol. The summed E-state index contributed by atoms with van der Waals surface area (Å²) in [7, 11) is 0. The number of hydrogen-bond donors (Lipinski definition) is 1. The monoisotopic (exact) mass is 223 g/mol. The molecule has 2 rings (SSSR count). The maximum atomic E-state index is 11.4. The molecule has 0 fully saturated rings. The van der Waals surface area contributed by atoms with Gasteiger partial charge in [-0.15, -0.1) is 11.3 Å². The second-order valence-electron chi connectivity index (χ2n) is 4.02. The maximum Gasteiger partial charge on any atom is 0.163 e. The average Bonchev–Trinajstić information content (AvgIpc) is 2.58. The van der Waals surface area contributed by atoms with Crippen molar-refractivity contribution >= 4 is 27.9 Å². The molecule has 3 nitrogen and oxygen atoms in total. The van der Waals surface area contributed by atoms with Crippen LogP contribution in [0.15, 0.2) is 0 Å². The van der Waals surface area contributed by atoms with Crippen LogP contribution in [0.4, 0.5) is 5.00 Å². The van der Waals surface area contributed by atoms with E-state index in [9.17, 15) is 9.59 Å². The van der Waals surface area contributed by atoms with Gasteiger partial charge in [0.25, 0.3) is 0 Å². The number of carbonyl (C=O) groups is 2. The van der Waals surface area contributed by atoms with E-state index in [0.29, 0.717) is 17.0 Å². The van der Waals surface area contributed by atoms with Crippen molar-refractivity contribution in [3.8, 4) is 0 Å². The summed E-state index contributed by atoms with van der Waals surface area (Å²) in [5.41, 5.74) is 7.46. The van der Waals surface area contributed by atoms with Crippen LogP contribution < -0.4 is 5.73 Å². The lowest BCUT2D eigenvalue weighted by Crippen LogP contribution is -2.11. The summed E-state index contributed by atoms with van der Waals surface area (Å²) >= 11 is 1.46. The van der Waals surface area contributed by atoms with E-state index in [1.165, 1.54) is 18.3 Å². The number of hydrogen-bond acceptors (Lipinski definition) is 4. The number of Topliss-reactive ketones (excluding diaryl/α,β-unsaturated/α-hetero) is 2. The Morgan fingerprint density at radius 1 is 1.33 bits per heavy atom. The molecule has 1 aliphatic rings. The van der Waals surface area contributed by atoms with Gasteiger partial charge >= 0.3 is 0 Å². The molecular formula is C11H13NO2S. The number of carbonyl (C=O) groups excluding carboxylic acids is 2. The van der Waals surface area contributed by atoms with Crippen LogP contribution >= 0.6 is 11.3 Å². The number of nitrogens with two attached hydrogens (primary N) is 1. The summed E-state index contributed by atoms with van der Waals surface area (Å²) in [5, 5.41) is 0.606. The fourth-order valence-corrected chi connectivity index (χ4v) is 3.36. The van der Waals surface area contributed by atoms with Gasteiger partial charge in [0.05, 0.1) is 10.6 Å². The highest BCUT2D eigenvalue weighted by Gasteiger charge is 2.31.